The lowest BCUT2D eigenvalue weighted by atomic mass is 9.99. The van der Waals surface area contributed by atoms with Crippen LogP contribution in [0.25, 0.3) is 11.0 Å². The molecule has 1 saturated heterocycles. The molecule has 0 unspecified atom stereocenters. The van der Waals surface area contributed by atoms with Crippen molar-refractivity contribution in [2.24, 2.45) is 5.92 Å². The molecule has 1 aliphatic rings. The van der Waals surface area contributed by atoms with Crippen molar-refractivity contribution in [2.45, 2.75) is 12.8 Å². The van der Waals surface area contributed by atoms with E-state index in [-0.39, 0.29) is 24.2 Å². The summed E-state index contributed by atoms with van der Waals surface area (Å²) < 4.78 is 0. The zero-order valence-electron chi connectivity index (χ0n) is 11.0. The molecule has 2 N–H and O–H groups in total. The zero-order valence-corrected chi connectivity index (χ0v) is 11.8. The lowest BCUT2D eigenvalue weighted by molar-refractivity contribution is -0.120. The van der Waals surface area contributed by atoms with E-state index in [9.17, 15) is 4.79 Å². The minimum atomic E-state index is 0. The van der Waals surface area contributed by atoms with E-state index in [1.54, 1.807) is 12.4 Å². The highest BCUT2D eigenvalue weighted by atomic mass is 35.5. The highest BCUT2D eigenvalue weighted by Gasteiger charge is 2.20. The molecule has 0 spiro atoms. The predicted molar refractivity (Wildman–Crippen MR) is 81.0 cm³/mol. The smallest absolute Gasteiger partial charge is 0.228 e. The zero-order chi connectivity index (χ0) is 13.1. The Labute approximate surface area is 123 Å². The number of halogens is 1. The van der Waals surface area contributed by atoms with Gasteiger partial charge in [0.15, 0.2) is 0 Å². The van der Waals surface area contributed by atoms with E-state index in [1.807, 2.05) is 18.2 Å². The first-order chi connectivity index (χ1) is 9.33. The maximum absolute atomic E-state index is 12.1. The molecule has 0 saturated carbocycles. The molecule has 2 aromatic rings. The van der Waals surface area contributed by atoms with Crippen molar-refractivity contribution in [1.29, 1.82) is 0 Å². The SMILES string of the molecule is Cl.O=C(Nc1ccc2nccnc2c1)[C@@H]1CCCNC1. The highest BCUT2D eigenvalue weighted by Crippen LogP contribution is 2.17. The third kappa shape index (κ3) is 3.23. The summed E-state index contributed by atoms with van der Waals surface area (Å²) in [5, 5.41) is 6.21. The molecule has 1 aliphatic heterocycles. The summed E-state index contributed by atoms with van der Waals surface area (Å²) in [6.45, 7) is 1.77. The fourth-order valence-corrected chi connectivity index (χ4v) is 2.36. The van der Waals surface area contributed by atoms with Gasteiger partial charge in [0.05, 0.1) is 17.0 Å². The van der Waals surface area contributed by atoms with Crippen LogP contribution in [0.15, 0.2) is 30.6 Å². The average Bonchev–Trinajstić information content (AvgIpc) is 2.48. The summed E-state index contributed by atoms with van der Waals surface area (Å²) in [6, 6.07) is 5.60. The molecular weight excluding hydrogens is 276 g/mol. The van der Waals surface area contributed by atoms with Gasteiger partial charge in [-0.1, -0.05) is 0 Å². The molecular formula is C14H17ClN4O. The molecule has 106 valence electrons. The first-order valence-corrected chi connectivity index (χ1v) is 6.55. The van der Waals surface area contributed by atoms with Crippen molar-refractivity contribution in [1.82, 2.24) is 15.3 Å². The van der Waals surface area contributed by atoms with Gasteiger partial charge in [-0.15, -0.1) is 12.4 Å². The lowest BCUT2D eigenvalue weighted by Crippen LogP contribution is -2.37. The van der Waals surface area contributed by atoms with Crippen LogP contribution in [0.3, 0.4) is 0 Å². The number of rotatable bonds is 2. The number of hydrogen-bond donors (Lipinski definition) is 2. The number of amides is 1. The second-order valence-electron chi connectivity index (χ2n) is 4.79. The summed E-state index contributed by atoms with van der Waals surface area (Å²) in [5.74, 6) is 0.141. The van der Waals surface area contributed by atoms with E-state index < -0.39 is 0 Å². The van der Waals surface area contributed by atoms with Crippen LogP contribution in [0, 0.1) is 5.92 Å². The minimum Gasteiger partial charge on any atom is -0.326 e. The summed E-state index contributed by atoms with van der Waals surface area (Å²) in [6.07, 6.45) is 5.32. The molecule has 20 heavy (non-hydrogen) atoms. The van der Waals surface area contributed by atoms with Crippen LogP contribution in [-0.2, 0) is 4.79 Å². The second-order valence-corrected chi connectivity index (χ2v) is 4.79. The van der Waals surface area contributed by atoms with Gasteiger partial charge in [-0.25, -0.2) is 0 Å². The van der Waals surface area contributed by atoms with E-state index in [4.69, 9.17) is 0 Å². The Kier molecular flexibility index (Phi) is 4.87. The number of anilines is 1. The number of nitrogens with zero attached hydrogens (tertiary/aromatic N) is 2. The molecule has 0 aliphatic carbocycles. The maximum Gasteiger partial charge on any atom is 0.228 e. The number of carbonyl (C=O) groups excluding carboxylic acids is 1. The van der Waals surface area contributed by atoms with Gasteiger partial charge in [0.2, 0.25) is 5.91 Å². The molecule has 2 heterocycles. The van der Waals surface area contributed by atoms with Gasteiger partial charge >= 0.3 is 0 Å². The average molecular weight is 293 g/mol. The predicted octanol–water partition coefficient (Wildman–Crippen LogP) is 1.99. The van der Waals surface area contributed by atoms with Gasteiger partial charge in [0, 0.05) is 24.6 Å². The molecule has 5 nitrogen and oxygen atoms in total. The summed E-state index contributed by atoms with van der Waals surface area (Å²) >= 11 is 0. The third-order valence-electron chi connectivity index (χ3n) is 3.40. The number of nitrogens with one attached hydrogen (secondary N) is 2. The van der Waals surface area contributed by atoms with Gasteiger partial charge in [-0.3, -0.25) is 14.8 Å². The van der Waals surface area contributed by atoms with E-state index in [0.717, 1.165) is 42.7 Å². The third-order valence-corrected chi connectivity index (χ3v) is 3.40. The fraction of sp³-hybridized carbons (Fsp3) is 0.357. The fourth-order valence-electron chi connectivity index (χ4n) is 2.36. The van der Waals surface area contributed by atoms with Gasteiger partial charge in [0.1, 0.15) is 0 Å². The minimum absolute atomic E-state index is 0. The monoisotopic (exact) mass is 292 g/mol. The first-order valence-electron chi connectivity index (χ1n) is 6.55. The normalized spacial score (nSPS) is 18.3. The largest absolute Gasteiger partial charge is 0.326 e. The molecule has 1 aromatic carbocycles. The standard InChI is InChI=1S/C14H16N4O.ClH/c19-14(10-2-1-5-15-9-10)18-11-3-4-12-13(8-11)17-7-6-16-12;/h3-4,6-8,10,15H,1-2,5,9H2,(H,18,19);1H/t10-;/m1./s1. The van der Waals surface area contributed by atoms with Crippen LogP contribution in [0.4, 0.5) is 5.69 Å². The number of hydrogen-bond acceptors (Lipinski definition) is 4. The Morgan fingerprint density at radius 2 is 2.05 bits per heavy atom. The van der Waals surface area contributed by atoms with Crippen LogP contribution < -0.4 is 10.6 Å². The molecule has 6 heteroatoms. The van der Waals surface area contributed by atoms with Crippen molar-refractivity contribution < 1.29 is 4.79 Å². The van der Waals surface area contributed by atoms with E-state index in [0.29, 0.717) is 0 Å². The highest BCUT2D eigenvalue weighted by molar-refractivity contribution is 5.94. The van der Waals surface area contributed by atoms with E-state index in [1.165, 1.54) is 0 Å². The molecule has 1 amide bonds. The summed E-state index contributed by atoms with van der Waals surface area (Å²) in [4.78, 5) is 20.6. The Balaban J connectivity index is 0.00000147. The molecule has 1 atom stereocenters. The van der Waals surface area contributed by atoms with Crippen LogP contribution in [0.2, 0.25) is 0 Å². The van der Waals surface area contributed by atoms with E-state index in [2.05, 4.69) is 20.6 Å². The quantitative estimate of drug-likeness (QED) is 0.888. The second kappa shape index (κ2) is 6.63. The van der Waals surface area contributed by atoms with E-state index >= 15 is 0 Å². The van der Waals surface area contributed by atoms with Crippen molar-refractivity contribution in [2.75, 3.05) is 18.4 Å². The Bertz CT molecular complexity index is 598. The summed E-state index contributed by atoms with van der Waals surface area (Å²) in [5.41, 5.74) is 2.41. The molecule has 1 aromatic heterocycles. The number of fused-ring (bicyclic) bond motifs is 1. The lowest BCUT2D eigenvalue weighted by Gasteiger charge is -2.21. The van der Waals surface area contributed by atoms with Crippen molar-refractivity contribution in [3.63, 3.8) is 0 Å². The number of piperidine rings is 1. The molecule has 0 radical (unpaired) electrons. The van der Waals surface area contributed by atoms with Gasteiger partial charge in [0.25, 0.3) is 0 Å². The first kappa shape index (κ1) is 14.7. The maximum atomic E-state index is 12.1. The van der Waals surface area contributed by atoms with Gasteiger partial charge in [-0.05, 0) is 37.6 Å². The van der Waals surface area contributed by atoms with Crippen LogP contribution in [-0.4, -0.2) is 29.0 Å². The molecule has 3 rings (SSSR count). The molecule has 1 fully saturated rings. The van der Waals surface area contributed by atoms with Gasteiger partial charge < -0.3 is 10.6 Å². The van der Waals surface area contributed by atoms with Crippen molar-refractivity contribution in [3.05, 3.63) is 30.6 Å². The van der Waals surface area contributed by atoms with Crippen LogP contribution in [0.5, 0.6) is 0 Å². The number of carbonyl (C=O) groups is 1. The molecule has 0 bridgehead atoms. The van der Waals surface area contributed by atoms with Crippen molar-refractivity contribution in [3.8, 4) is 0 Å². The summed E-state index contributed by atoms with van der Waals surface area (Å²) in [7, 11) is 0. The Morgan fingerprint density at radius 1 is 1.25 bits per heavy atom. The number of benzene rings is 1. The van der Waals surface area contributed by atoms with Crippen LogP contribution >= 0.6 is 12.4 Å². The van der Waals surface area contributed by atoms with Gasteiger partial charge in [-0.2, -0.15) is 0 Å². The topological polar surface area (TPSA) is 66.9 Å². The number of aromatic nitrogens is 2. The van der Waals surface area contributed by atoms with Crippen LogP contribution in [0.1, 0.15) is 12.8 Å². The van der Waals surface area contributed by atoms with Crippen molar-refractivity contribution >= 4 is 35.0 Å². The Morgan fingerprint density at radius 3 is 2.80 bits per heavy atom. The Hall–Kier alpha value is -1.72.